The molecule has 0 bridgehead atoms. The lowest BCUT2D eigenvalue weighted by Crippen LogP contribution is -2.25. The summed E-state index contributed by atoms with van der Waals surface area (Å²) < 4.78 is 22.3. The average molecular weight is 636 g/mol. The third-order valence-electron chi connectivity index (χ3n) is 7.86. The number of esters is 3. The molecule has 8 heteroatoms. The van der Waals surface area contributed by atoms with E-state index in [1.807, 2.05) is 37.3 Å². The standard InChI is InChI=1S/C39H41NO7/c1-4-5-11-28-12-10-13-35(22-28)46-38(42)32-17-19-36(33(24-32)26-40)47-39(43)31-15-14-30-25-34(18-16-29(30)23-31)44-20-8-6-7-9-21-45-37(41)27(2)3/h14-19,23-25,28,35H,2,4,6-10,12-13,20-22H2,1,3H3. The van der Waals surface area contributed by atoms with Gasteiger partial charge in [-0.1, -0.05) is 31.6 Å². The molecule has 8 nitrogen and oxygen atoms in total. The van der Waals surface area contributed by atoms with E-state index in [4.69, 9.17) is 18.9 Å². The van der Waals surface area contributed by atoms with E-state index in [9.17, 15) is 19.6 Å². The van der Waals surface area contributed by atoms with Crippen molar-refractivity contribution in [2.75, 3.05) is 13.2 Å². The zero-order chi connectivity index (χ0) is 33.6. The summed E-state index contributed by atoms with van der Waals surface area (Å²) >= 11 is 0. The van der Waals surface area contributed by atoms with Crippen LogP contribution in [0, 0.1) is 29.1 Å². The van der Waals surface area contributed by atoms with E-state index in [-0.39, 0.29) is 34.9 Å². The van der Waals surface area contributed by atoms with Gasteiger partial charge in [0.15, 0.2) is 0 Å². The van der Waals surface area contributed by atoms with Crippen LogP contribution >= 0.6 is 0 Å². The predicted octanol–water partition coefficient (Wildman–Crippen LogP) is 8.12. The molecular weight excluding hydrogens is 594 g/mol. The van der Waals surface area contributed by atoms with Crippen LogP contribution < -0.4 is 9.47 Å². The Bertz CT molecular complexity index is 1710. The second-order valence-electron chi connectivity index (χ2n) is 11.7. The first-order valence-electron chi connectivity index (χ1n) is 16.2. The fraction of sp³-hybridized carbons (Fsp3) is 0.385. The summed E-state index contributed by atoms with van der Waals surface area (Å²) in [6, 6.07) is 17.2. The van der Waals surface area contributed by atoms with Gasteiger partial charge in [-0.15, -0.1) is 5.92 Å². The van der Waals surface area contributed by atoms with Crippen molar-refractivity contribution in [1.82, 2.24) is 0 Å². The smallest absolute Gasteiger partial charge is 0.343 e. The van der Waals surface area contributed by atoms with Crippen LogP contribution in [-0.4, -0.2) is 37.2 Å². The first-order valence-corrected chi connectivity index (χ1v) is 16.2. The maximum absolute atomic E-state index is 13.0. The molecule has 3 aromatic carbocycles. The molecule has 1 saturated carbocycles. The van der Waals surface area contributed by atoms with Crippen molar-refractivity contribution in [3.05, 3.63) is 83.4 Å². The highest BCUT2D eigenvalue weighted by Gasteiger charge is 2.25. The lowest BCUT2D eigenvalue weighted by Gasteiger charge is -2.26. The molecule has 2 atom stereocenters. The Kier molecular flexibility index (Phi) is 13.0. The van der Waals surface area contributed by atoms with Gasteiger partial charge in [-0.25, -0.2) is 14.4 Å². The van der Waals surface area contributed by atoms with Crippen molar-refractivity contribution in [3.8, 4) is 29.4 Å². The molecule has 244 valence electrons. The molecular formula is C39H41NO7. The molecule has 0 aliphatic heterocycles. The third-order valence-corrected chi connectivity index (χ3v) is 7.86. The third kappa shape index (κ3) is 10.5. The number of nitriles is 1. The minimum Gasteiger partial charge on any atom is -0.494 e. The summed E-state index contributed by atoms with van der Waals surface area (Å²) in [4.78, 5) is 37.3. The van der Waals surface area contributed by atoms with E-state index in [0.29, 0.717) is 30.8 Å². The summed E-state index contributed by atoms with van der Waals surface area (Å²) in [7, 11) is 0. The molecule has 47 heavy (non-hydrogen) atoms. The Hall–Kier alpha value is -5.08. The van der Waals surface area contributed by atoms with Crippen LogP contribution in [0.5, 0.6) is 11.5 Å². The lowest BCUT2D eigenvalue weighted by atomic mass is 9.87. The molecule has 1 aliphatic rings. The van der Waals surface area contributed by atoms with Crippen LogP contribution in [0.3, 0.4) is 0 Å². The number of nitrogens with zero attached hydrogens (tertiary/aromatic N) is 1. The SMILES string of the molecule is C=C(C)C(=O)OCCCCCCOc1ccc2cc(C(=O)Oc3ccc(C(=O)OC4CCCC(C#CCC)C4)cc3C#N)ccc2c1. The number of hydrogen-bond donors (Lipinski definition) is 0. The van der Waals surface area contributed by atoms with Crippen molar-refractivity contribution in [1.29, 1.82) is 5.26 Å². The zero-order valence-corrected chi connectivity index (χ0v) is 27.1. The van der Waals surface area contributed by atoms with E-state index >= 15 is 0 Å². The summed E-state index contributed by atoms with van der Waals surface area (Å²) in [6.45, 7) is 8.17. The molecule has 0 spiro atoms. The monoisotopic (exact) mass is 635 g/mol. The van der Waals surface area contributed by atoms with Gasteiger partial charge in [-0.3, -0.25) is 0 Å². The molecule has 0 saturated heterocycles. The van der Waals surface area contributed by atoms with Gasteiger partial charge in [0.2, 0.25) is 0 Å². The maximum atomic E-state index is 13.0. The zero-order valence-electron chi connectivity index (χ0n) is 27.1. The largest absolute Gasteiger partial charge is 0.494 e. The number of rotatable bonds is 13. The van der Waals surface area contributed by atoms with Crippen LogP contribution in [0.2, 0.25) is 0 Å². The number of fused-ring (bicyclic) bond motifs is 1. The molecule has 3 aromatic rings. The highest BCUT2D eigenvalue weighted by molar-refractivity contribution is 5.97. The van der Waals surface area contributed by atoms with Crippen molar-refractivity contribution in [3.63, 3.8) is 0 Å². The van der Waals surface area contributed by atoms with Gasteiger partial charge < -0.3 is 18.9 Å². The minimum atomic E-state index is -0.616. The Balaban J connectivity index is 1.28. The normalized spacial score (nSPS) is 15.4. The summed E-state index contributed by atoms with van der Waals surface area (Å²) in [5, 5.41) is 11.5. The van der Waals surface area contributed by atoms with Crippen molar-refractivity contribution in [2.24, 2.45) is 5.92 Å². The van der Waals surface area contributed by atoms with Gasteiger partial charge >= 0.3 is 17.9 Å². The molecule has 4 rings (SSSR count). The number of carbonyl (C=O) groups excluding carboxylic acids is 3. The fourth-order valence-electron chi connectivity index (χ4n) is 5.32. The van der Waals surface area contributed by atoms with Crippen LogP contribution in [0.4, 0.5) is 0 Å². The van der Waals surface area contributed by atoms with Gasteiger partial charge in [-0.2, -0.15) is 5.26 Å². The number of unbranched alkanes of at least 4 members (excludes halogenated alkanes) is 3. The van der Waals surface area contributed by atoms with E-state index < -0.39 is 11.9 Å². The van der Waals surface area contributed by atoms with Crippen LogP contribution in [-0.2, 0) is 14.3 Å². The number of hydrogen-bond acceptors (Lipinski definition) is 8. The van der Waals surface area contributed by atoms with Gasteiger partial charge in [0.05, 0.1) is 29.9 Å². The van der Waals surface area contributed by atoms with Crippen molar-refractivity contribution < 1.29 is 33.3 Å². The second-order valence-corrected chi connectivity index (χ2v) is 11.7. The van der Waals surface area contributed by atoms with E-state index in [1.165, 1.54) is 18.2 Å². The minimum absolute atomic E-state index is 0.0666. The summed E-state index contributed by atoms with van der Waals surface area (Å²) in [5.74, 6) is 5.92. The van der Waals surface area contributed by atoms with E-state index in [0.717, 1.165) is 67.9 Å². The highest BCUT2D eigenvalue weighted by atomic mass is 16.5. The summed E-state index contributed by atoms with van der Waals surface area (Å²) in [5.41, 5.74) is 1.03. The first kappa shape index (κ1) is 34.8. The number of ether oxygens (including phenoxy) is 4. The average Bonchev–Trinajstić information content (AvgIpc) is 3.08. The van der Waals surface area contributed by atoms with Crippen LogP contribution in [0.15, 0.2) is 66.7 Å². The Labute approximate surface area is 276 Å². The highest BCUT2D eigenvalue weighted by Crippen LogP contribution is 2.28. The van der Waals surface area contributed by atoms with Gasteiger partial charge in [-0.05, 0) is 112 Å². The number of carbonyl (C=O) groups is 3. The molecule has 2 unspecified atom stereocenters. The summed E-state index contributed by atoms with van der Waals surface area (Å²) in [6.07, 6.45) is 7.61. The molecule has 1 fully saturated rings. The number of benzene rings is 3. The Morgan fingerprint density at radius 3 is 2.38 bits per heavy atom. The molecule has 0 aromatic heterocycles. The lowest BCUT2D eigenvalue weighted by molar-refractivity contribution is -0.139. The topological polar surface area (TPSA) is 112 Å². The quantitative estimate of drug-likeness (QED) is 0.0609. The maximum Gasteiger partial charge on any atom is 0.343 e. The van der Waals surface area contributed by atoms with Crippen LogP contribution in [0.25, 0.3) is 10.8 Å². The first-order chi connectivity index (χ1) is 22.8. The molecule has 0 N–H and O–H groups in total. The van der Waals surface area contributed by atoms with Crippen molar-refractivity contribution in [2.45, 2.75) is 77.7 Å². The second kappa shape index (κ2) is 17.6. The van der Waals surface area contributed by atoms with Gasteiger partial charge in [0.1, 0.15) is 23.7 Å². The van der Waals surface area contributed by atoms with Crippen LogP contribution in [0.1, 0.15) is 97.9 Å². The molecule has 0 amide bonds. The van der Waals surface area contributed by atoms with E-state index in [2.05, 4.69) is 18.4 Å². The van der Waals surface area contributed by atoms with Gasteiger partial charge in [0.25, 0.3) is 0 Å². The predicted molar refractivity (Wildman–Crippen MR) is 179 cm³/mol. The Morgan fingerprint density at radius 2 is 1.62 bits per heavy atom. The molecule has 0 radical (unpaired) electrons. The van der Waals surface area contributed by atoms with Gasteiger partial charge in [0, 0.05) is 17.9 Å². The van der Waals surface area contributed by atoms with Crippen molar-refractivity contribution >= 4 is 28.7 Å². The molecule has 0 heterocycles. The van der Waals surface area contributed by atoms with E-state index in [1.54, 1.807) is 19.1 Å². The molecule has 1 aliphatic carbocycles. The fourth-order valence-corrected chi connectivity index (χ4v) is 5.32. The Morgan fingerprint density at radius 1 is 0.894 bits per heavy atom.